The third-order valence-electron chi connectivity index (χ3n) is 4.55. The number of amides is 1. The van der Waals surface area contributed by atoms with Crippen LogP contribution in [0.25, 0.3) is 6.08 Å². The van der Waals surface area contributed by atoms with Crippen molar-refractivity contribution in [3.05, 3.63) is 76.5 Å². The van der Waals surface area contributed by atoms with Crippen molar-refractivity contribution in [3.63, 3.8) is 0 Å². The largest absolute Gasteiger partial charge is 0.497 e. The van der Waals surface area contributed by atoms with E-state index in [4.69, 9.17) is 9.47 Å². The summed E-state index contributed by atoms with van der Waals surface area (Å²) in [5.41, 5.74) is 1.76. The number of allylic oxidation sites excluding steroid dienone is 1. The van der Waals surface area contributed by atoms with Crippen molar-refractivity contribution < 1.29 is 29.0 Å². The van der Waals surface area contributed by atoms with E-state index in [0.29, 0.717) is 22.7 Å². The lowest BCUT2D eigenvalue weighted by Crippen LogP contribution is -2.24. The molecule has 29 heavy (non-hydrogen) atoms. The van der Waals surface area contributed by atoms with Crippen LogP contribution in [0.5, 0.6) is 5.75 Å². The SMILES string of the molecule is COC(=O)C1=C(C)N(c2cccc(OC)c2)C(=O)/C1=C\c1cccc(C(=O)O)c1. The average molecular weight is 393 g/mol. The normalized spacial score (nSPS) is 15.1. The highest BCUT2D eigenvalue weighted by Gasteiger charge is 2.38. The first-order valence-corrected chi connectivity index (χ1v) is 8.70. The molecule has 1 amide bonds. The summed E-state index contributed by atoms with van der Waals surface area (Å²) >= 11 is 0. The molecule has 0 aliphatic carbocycles. The van der Waals surface area contributed by atoms with Crippen LogP contribution in [-0.4, -0.2) is 37.2 Å². The van der Waals surface area contributed by atoms with Gasteiger partial charge < -0.3 is 14.6 Å². The number of carboxylic acid groups (broad SMARTS) is 1. The van der Waals surface area contributed by atoms with Crippen LogP contribution < -0.4 is 9.64 Å². The van der Waals surface area contributed by atoms with E-state index >= 15 is 0 Å². The molecule has 1 aliphatic rings. The Balaban J connectivity index is 2.14. The Morgan fingerprint density at radius 1 is 1.07 bits per heavy atom. The molecule has 2 aromatic rings. The lowest BCUT2D eigenvalue weighted by Gasteiger charge is -2.18. The molecule has 0 saturated heterocycles. The van der Waals surface area contributed by atoms with Crippen molar-refractivity contribution in [2.45, 2.75) is 6.92 Å². The Labute approximate surface area is 167 Å². The Kier molecular flexibility index (Phi) is 5.50. The number of ether oxygens (including phenoxy) is 2. The van der Waals surface area contributed by atoms with Crippen LogP contribution in [0.15, 0.2) is 65.4 Å². The summed E-state index contributed by atoms with van der Waals surface area (Å²) in [5.74, 6) is -1.59. The molecule has 0 spiro atoms. The van der Waals surface area contributed by atoms with Crippen LogP contribution in [0.4, 0.5) is 5.69 Å². The zero-order valence-corrected chi connectivity index (χ0v) is 16.1. The topological polar surface area (TPSA) is 93.1 Å². The molecule has 0 bridgehead atoms. The van der Waals surface area contributed by atoms with Crippen LogP contribution >= 0.6 is 0 Å². The number of hydrogen-bond donors (Lipinski definition) is 1. The number of benzene rings is 2. The van der Waals surface area contributed by atoms with Gasteiger partial charge in [-0.05, 0) is 42.8 Å². The van der Waals surface area contributed by atoms with E-state index in [0.717, 1.165) is 0 Å². The van der Waals surface area contributed by atoms with Crippen LogP contribution in [0.2, 0.25) is 0 Å². The first-order chi connectivity index (χ1) is 13.9. The minimum absolute atomic E-state index is 0.0785. The molecule has 2 aromatic carbocycles. The molecular formula is C22H19NO6. The van der Waals surface area contributed by atoms with Gasteiger partial charge in [-0.3, -0.25) is 9.69 Å². The number of nitrogens with zero attached hydrogens (tertiary/aromatic N) is 1. The highest BCUT2D eigenvalue weighted by Crippen LogP contribution is 2.36. The summed E-state index contributed by atoms with van der Waals surface area (Å²) in [6.07, 6.45) is 1.49. The standard InChI is InChI=1S/C22H19NO6/c1-13-19(22(27)29-3)18(11-14-6-4-7-15(10-14)21(25)26)20(24)23(13)16-8-5-9-17(12-16)28-2/h4-12H,1-3H3,(H,25,26)/b18-11-. The summed E-state index contributed by atoms with van der Waals surface area (Å²) < 4.78 is 10.1. The summed E-state index contributed by atoms with van der Waals surface area (Å²) in [7, 11) is 2.76. The first-order valence-electron chi connectivity index (χ1n) is 8.70. The van der Waals surface area contributed by atoms with Crippen molar-refractivity contribution in [1.82, 2.24) is 0 Å². The van der Waals surface area contributed by atoms with Gasteiger partial charge in [0.25, 0.3) is 5.91 Å². The quantitative estimate of drug-likeness (QED) is 0.619. The van der Waals surface area contributed by atoms with Crippen LogP contribution in [0.3, 0.4) is 0 Å². The van der Waals surface area contributed by atoms with Gasteiger partial charge in [-0.25, -0.2) is 9.59 Å². The monoisotopic (exact) mass is 393 g/mol. The molecule has 0 aromatic heterocycles. The molecule has 0 fully saturated rings. The number of carboxylic acids is 1. The number of anilines is 1. The van der Waals surface area contributed by atoms with Gasteiger partial charge in [0, 0.05) is 11.8 Å². The molecule has 0 radical (unpaired) electrons. The third-order valence-corrected chi connectivity index (χ3v) is 4.55. The maximum Gasteiger partial charge on any atom is 0.340 e. The molecule has 0 unspecified atom stereocenters. The van der Waals surface area contributed by atoms with E-state index in [1.54, 1.807) is 43.3 Å². The van der Waals surface area contributed by atoms with Gasteiger partial charge in [0.05, 0.1) is 36.6 Å². The predicted octanol–water partition coefficient (Wildman–Crippen LogP) is 3.27. The molecule has 1 aliphatic heterocycles. The zero-order chi connectivity index (χ0) is 21.1. The van der Waals surface area contributed by atoms with E-state index in [2.05, 4.69) is 0 Å². The summed E-state index contributed by atoms with van der Waals surface area (Å²) in [6, 6.07) is 13.0. The fourth-order valence-electron chi connectivity index (χ4n) is 3.17. The van der Waals surface area contributed by atoms with Gasteiger partial charge in [-0.1, -0.05) is 18.2 Å². The molecule has 0 saturated carbocycles. The molecule has 1 N–H and O–H groups in total. The average Bonchev–Trinajstić information content (AvgIpc) is 2.97. The van der Waals surface area contributed by atoms with Crippen molar-refractivity contribution in [2.24, 2.45) is 0 Å². The van der Waals surface area contributed by atoms with E-state index in [-0.39, 0.29) is 16.7 Å². The second-order valence-electron chi connectivity index (χ2n) is 6.28. The minimum atomic E-state index is -1.08. The smallest absolute Gasteiger partial charge is 0.340 e. The number of aromatic carboxylic acids is 1. The second-order valence-corrected chi connectivity index (χ2v) is 6.28. The van der Waals surface area contributed by atoms with E-state index in [1.165, 1.54) is 37.3 Å². The number of carbonyl (C=O) groups is 3. The number of carbonyl (C=O) groups excluding carboxylic acids is 2. The Hall–Kier alpha value is -3.87. The van der Waals surface area contributed by atoms with Gasteiger partial charge in [0.1, 0.15) is 5.75 Å². The molecule has 7 heteroatoms. The third kappa shape index (κ3) is 3.75. The van der Waals surface area contributed by atoms with Gasteiger partial charge in [0.15, 0.2) is 0 Å². The first kappa shape index (κ1) is 19.9. The van der Waals surface area contributed by atoms with Crippen molar-refractivity contribution in [3.8, 4) is 5.75 Å². The minimum Gasteiger partial charge on any atom is -0.497 e. The van der Waals surface area contributed by atoms with Gasteiger partial charge in [0.2, 0.25) is 0 Å². The summed E-state index contributed by atoms with van der Waals surface area (Å²) in [6.45, 7) is 1.65. The van der Waals surface area contributed by atoms with E-state index in [1.807, 2.05) is 0 Å². The lowest BCUT2D eigenvalue weighted by molar-refractivity contribution is -0.136. The number of hydrogen-bond acceptors (Lipinski definition) is 5. The van der Waals surface area contributed by atoms with Crippen LogP contribution in [0.1, 0.15) is 22.8 Å². The fourth-order valence-corrected chi connectivity index (χ4v) is 3.17. The lowest BCUT2D eigenvalue weighted by atomic mass is 10.0. The Morgan fingerprint density at radius 2 is 1.79 bits per heavy atom. The van der Waals surface area contributed by atoms with Crippen molar-refractivity contribution >= 4 is 29.6 Å². The predicted molar refractivity (Wildman–Crippen MR) is 107 cm³/mol. The van der Waals surface area contributed by atoms with Gasteiger partial charge in [-0.2, -0.15) is 0 Å². The molecule has 148 valence electrons. The molecule has 3 rings (SSSR count). The van der Waals surface area contributed by atoms with Gasteiger partial charge in [-0.15, -0.1) is 0 Å². The maximum absolute atomic E-state index is 13.2. The maximum atomic E-state index is 13.2. The molecule has 0 atom stereocenters. The van der Waals surface area contributed by atoms with Crippen LogP contribution in [0, 0.1) is 0 Å². The molecule has 1 heterocycles. The Morgan fingerprint density at radius 3 is 2.45 bits per heavy atom. The molecular weight excluding hydrogens is 374 g/mol. The highest BCUT2D eigenvalue weighted by atomic mass is 16.5. The summed E-state index contributed by atoms with van der Waals surface area (Å²) in [5, 5.41) is 9.19. The highest BCUT2D eigenvalue weighted by molar-refractivity contribution is 6.23. The van der Waals surface area contributed by atoms with Gasteiger partial charge >= 0.3 is 11.9 Å². The summed E-state index contributed by atoms with van der Waals surface area (Å²) in [4.78, 5) is 38.3. The molecule has 7 nitrogen and oxygen atoms in total. The van der Waals surface area contributed by atoms with Crippen molar-refractivity contribution in [2.75, 3.05) is 19.1 Å². The van der Waals surface area contributed by atoms with Crippen LogP contribution in [-0.2, 0) is 14.3 Å². The van der Waals surface area contributed by atoms with Crippen molar-refractivity contribution in [1.29, 1.82) is 0 Å². The second kappa shape index (κ2) is 8.02. The Bertz CT molecular complexity index is 1070. The van der Waals surface area contributed by atoms with E-state index in [9.17, 15) is 19.5 Å². The number of esters is 1. The number of rotatable bonds is 5. The fraction of sp³-hybridized carbons (Fsp3) is 0.136. The zero-order valence-electron chi connectivity index (χ0n) is 16.1. The number of methoxy groups -OCH3 is 2. The van der Waals surface area contributed by atoms with E-state index < -0.39 is 17.8 Å².